The van der Waals surface area contributed by atoms with E-state index in [0.29, 0.717) is 22.3 Å². The molecule has 0 aliphatic rings. The third kappa shape index (κ3) is 4.86. The van der Waals surface area contributed by atoms with Gasteiger partial charge in [-0.15, -0.1) is 11.3 Å². The summed E-state index contributed by atoms with van der Waals surface area (Å²) in [5, 5.41) is 7.42. The number of benzene rings is 2. The lowest BCUT2D eigenvalue weighted by atomic mass is 10.1. The lowest BCUT2D eigenvalue weighted by molar-refractivity contribution is -0.115. The van der Waals surface area contributed by atoms with E-state index in [-0.39, 0.29) is 18.0 Å². The van der Waals surface area contributed by atoms with Gasteiger partial charge in [-0.1, -0.05) is 30.3 Å². The third-order valence-corrected chi connectivity index (χ3v) is 4.61. The fraction of sp³-hybridized carbons (Fsp3) is 0.150. The summed E-state index contributed by atoms with van der Waals surface area (Å²) in [6.07, 6.45) is 0.241. The maximum atomic E-state index is 12.5. The summed E-state index contributed by atoms with van der Waals surface area (Å²) in [5.41, 5.74) is 1.61. The van der Waals surface area contributed by atoms with Gasteiger partial charge in [-0.05, 0) is 17.7 Å². The number of amides is 2. The highest BCUT2D eigenvalue weighted by molar-refractivity contribution is 7.14. The van der Waals surface area contributed by atoms with E-state index in [9.17, 15) is 9.59 Å². The first kappa shape index (κ1) is 19.4. The minimum absolute atomic E-state index is 0.190. The molecule has 28 heavy (non-hydrogen) atoms. The Morgan fingerprint density at radius 2 is 1.82 bits per heavy atom. The predicted octanol–water partition coefficient (Wildman–Crippen LogP) is 3.59. The summed E-state index contributed by atoms with van der Waals surface area (Å²) in [6, 6.07) is 14.5. The number of rotatable bonds is 7. The van der Waals surface area contributed by atoms with Crippen LogP contribution in [0.2, 0.25) is 0 Å². The Kier molecular flexibility index (Phi) is 6.23. The zero-order valence-corrected chi connectivity index (χ0v) is 16.2. The molecule has 2 aromatic carbocycles. The van der Waals surface area contributed by atoms with Crippen molar-refractivity contribution in [3.8, 4) is 11.5 Å². The minimum atomic E-state index is -0.400. The van der Waals surface area contributed by atoms with Crippen molar-refractivity contribution in [1.29, 1.82) is 0 Å². The van der Waals surface area contributed by atoms with Crippen LogP contribution in [0.25, 0.3) is 0 Å². The number of carbonyl (C=O) groups excluding carboxylic acids is 2. The highest BCUT2D eigenvalue weighted by atomic mass is 32.1. The van der Waals surface area contributed by atoms with E-state index in [1.54, 1.807) is 30.7 Å². The van der Waals surface area contributed by atoms with Gasteiger partial charge in [0, 0.05) is 11.4 Å². The molecule has 1 aromatic heterocycles. The molecule has 0 saturated carbocycles. The topological polar surface area (TPSA) is 89.6 Å². The average molecular weight is 397 g/mol. The zero-order valence-electron chi connectivity index (χ0n) is 15.4. The number of nitrogens with one attached hydrogen (secondary N) is 2. The number of hydrogen-bond acceptors (Lipinski definition) is 6. The number of anilines is 2. The Morgan fingerprint density at radius 1 is 1.04 bits per heavy atom. The molecule has 2 amide bonds. The van der Waals surface area contributed by atoms with Crippen molar-refractivity contribution in [3.05, 3.63) is 65.2 Å². The molecule has 0 spiro atoms. The first-order chi connectivity index (χ1) is 13.6. The highest BCUT2D eigenvalue weighted by Gasteiger charge is 2.15. The van der Waals surface area contributed by atoms with Crippen molar-refractivity contribution in [1.82, 2.24) is 4.98 Å². The first-order valence-electron chi connectivity index (χ1n) is 8.41. The Morgan fingerprint density at radius 3 is 2.54 bits per heavy atom. The van der Waals surface area contributed by atoms with E-state index in [0.717, 1.165) is 5.56 Å². The van der Waals surface area contributed by atoms with E-state index in [2.05, 4.69) is 15.6 Å². The van der Waals surface area contributed by atoms with Crippen molar-refractivity contribution in [2.24, 2.45) is 0 Å². The summed E-state index contributed by atoms with van der Waals surface area (Å²) >= 11 is 1.19. The van der Waals surface area contributed by atoms with E-state index >= 15 is 0 Å². The number of thiazole rings is 1. The number of methoxy groups -OCH3 is 2. The van der Waals surface area contributed by atoms with Crippen molar-refractivity contribution >= 4 is 34.0 Å². The molecule has 2 N–H and O–H groups in total. The molecule has 1 heterocycles. The number of aromatic nitrogens is 1. The first-order valence-corrected chi connectivity index (χ1v) is 9.29. The monoisotopic (exact) mass is 397 g/mol. The van der Waals surface area contributed by atoms with E-state index in [1.165, 1.54) is 18.4 Å². The van der Waals surface area contributed by atoms with Gasteiger partial charge >= 0.3 is 0 Å². The van der Waals surface area contributed by atoms with Gasteiger partial charge < -0.3 is 20.1 Å². The standard InChI is InChI=1S/C20H19N3O4S/c1-26-14-8-9-15(17(11-14)27-2)21-19(25)16-12-28-20(22-16)23-18(24)10-13-6-4-3-5-7-13/h3-9,11-12H,10H2,1-2H3,(H,21,25)(H,22,23,24). The zero-order chi connectivity index (χ0) is 19.9. The average Bonchev–Trinajstić information content (AvgIpc) is 3.17. The Bertz CT molecular complexity index is 973. The summed E-state index contributed by atoms with van der Waals surface area (Å²) in [4.78, 5) is 28.8. The number of ether oxygens (including phenoxy) is 2. The minimum Gasteiger partial charge on any atom is -0.497 e. The molecule has 0 atom stereocenters. The highest BCUT2D eigenvalue weighted by Crippen LogP contribution is 2.29. The van der Waals surface area contributed by atoms with Crippen LogP contribution in [0.15, 0.2) is 53.9 Å². The summed E-state index contributed by atoms with van der Waals surface area (Å²) in [6.45, 7) is 0. The molecule has 3 rings (SSSR count). The molecule has 0 fully saturated rings. The van der Waals surface area contributed by atoms with Crippen molar-refractivity contribution in [2.75, 3.05) is 24.9 Å². The molecule has 144 valence electrons. The third-order valence-electron chi connectivity index (χ3n) is 3.85. The predicted molar refractivity (Wildman–Crippen MR) is 108 cm³/mol. The molecule has 0 aliphatic carbocycles. The molecule has 8 heteroatoms. The molecule has 0 radical (unpaired) electrons. The summed E-state index contributed by atoms with van der Waals surface area (Å²) in [5.74, 6) is 0.499. The number of carbonyl (C=O) groups is 2. The molecular weight excluding hydrogens is 378 g/mol. The normalized spacial score (nSPS) is 10.2. The number of nitrogens with zero attached hydrogens (tertiary/aromatic N) is 1. The van der Waals surface area contributed by atoms with Crippen LogP contribution in [0, 0.1) is 0 Å². The maximum Gasteiger partial charge on any atom is 0.275 e. The molecule has 0 saturated heterocycles. The summed E-state index contributed by atoms with van der Waals surface area (Å²) in [7, 11) is 3.06. The fourth-order valence-corrected chi connectivity index (χ4v) is 3.18. The van der Waals surface area contributed by atoms with Gasteiger partial charge in [0.25, 0.3) is 5.91 Å². The van der Waals surface area contributed by atoms with Gasteiger partial charge in [0.1, 0.15) is 17.2 Å². The van der Waals surface area contributed by atoms with Crippen molar-refractivity contribution < 1.29 is 19.1 Å². The van der Waals surface area contributed by atoms with Gasteiger partial charge in [0.15, 0.2) is 5.13 Å². The van der Waals surface area contributed by atoms with Crippen LogP contribution >= 0.6 is 11.3 Å². The van der Waals surface area contributed by atoms with Gasteiger partial charge in [-0.3, -0.25) is 9.59 Å². The van der Waals surface area contributed by atoms with Crippen LogP contribution in [0.5, 0.6) is 11.5 Å². The van der Waals surface area contributed by atoms with Gasteiger partial charge in [-0.2, -0.15) is 0 Å². The lowest BCUT2D eigenvalue weighted by Gasteiger charge is -2.10. The molecule has 0 bridgehead atoms. The van der Waals surface area contributed by atoms with Crippen LogP contribution in [-0.2, 0) is 11.2 Å². The van der Waals surface area contributed by atoms with Gasteiger partial charge in [-0.25, -0.2) is 4.98 Å². The molecule has 3 aromatic rings. The quantitative estimate of drug-likeness (QED) is 0.636. The van der Waals surface area contributed by atoms with E-state index in [1.807, 2.05) is 30.3 Å². The maximum absolute atomic E-state index is 12.5. The Balaban J connectivity index is 1.63. The van der Waals surface area contributed by atoms with Crippen LogP contribution in [-0.4, -0.2) is 31.0 Å². The van der Waals surface area contributed by atoms with Crippen molar-refractivity contribution in [2.45, 2.75) is 6.42 Å². The van der Waals surface area contributed by atoms with Crippen LogP contribution < -0.4 is 20.1 Å². The Hall–Kier alpha value is -3.39. The fourth-order valence-electron chi connectivity index (χ4n) is 2.47. The lowest BCUT2D eigenvalue weighted by Crippen LogP contribution is -2.16. The Labute approximate surface area is 166 Å². The molecule has 7 nitrogen and oxygen atoms in total. The van der Waals surface area contributed by atoms with E-state index in [4.69, 9.17) is 9.47 Å². The SMILES string of the molecule is COc1ccc(NC(=O)c2csc(NC(=O)Cc3ccccc3)n2)c(OC)c1. The smallest absolute Gasteiger partial charge is 0.275 e. The van der Waals surface area contributed by atoms with Crippen LogP contribution in [0.3, 0.4) is 0 Å². The van der Waals surface area contributed by atoms with Gasteiger partial charge in [0.05, 0.1) is 26.3 Å². The molecule has 0 aliphatic heterocycles. The van der Waals surface area contributed by atoms with Crippen LogP contribution in [0.4, 0.5) is 10.8 Å². The van der Waals surface area contributed by atoms with Gasteiger partial charge in [0.2, 0.25) is 5.91 Å². The molecule has 0 unspecified atom stereocenters. The van der Waals surface area contributed by atoms with Crippen molar-refractivity contribution in [3.63, 3.8) is 0 Å². The second-order valence-electron chi connectivity index (χ2n) is 5.77. The molecular formula is C20H19N3O4S. The second kappa shape index (κ2) is 9.01. The largest absolute Gasteiger partial charge is 0.497 e. The second-order valence-corrected chi connectivity index (χ2v) is 6.63. The number of hydrogen-bond donors (Lipinski definition) is 2. The van der Waals surface area contributed by atoms with E-state index < -0.39 is 5.91 Å². The summed E-state index contributed by atoms with van der Waals surface area (Å²) < 4.78 is 10.4. The van der Waals surface area contributed by atoms with Crippen LogP contribution in [0.1, 0.15) is 16.1 Å².